The van der Waals surface area contributed by atoms with Crippen molar-refractivity contribution in [3.8, 4) is 17.0 Å². The topological polar surface area (TPSA) is 63.9 Å². The monoisotopic (exact) mass is 263 g/mol. The summed E-state index contributed by atoms with van der Waals surface area (Å²) in [6, 6.07) is 3.91. The maximum absolute atomic E-state index is 6.43. The Morgan fingerprint density at radius 3 is 2.89 bits per heavy atom. The van der Waals surface area contributed by atoms with Crippen LogP contribution in [0, 0.1) is 0 Å². The highest BCUT2D eigenvalue weighted by Crippen LogP contribution is 2.42. The van der Waals surface area contributed by atoms with E-state index in [1.54, 1.807) is 13.2 Å². The molecule has 0 bridgehead atoms. The summed E-state index contributed by atoms with van der Waals surface area (Å²) in [6.07, 6.45) is 3.23. The van der Waals surface area contributed by atoms with E-state index in [2.05, 4.69) is 16.3 Å². The smallest absolute Gasteiger partial charge is 0.147 e. The lowest BCUT2D eigenvalue weighted by molar-refractivity contribution is 0.416. The SMILES string of the molecule is COc1c(-c2cc(N)n[nH]2)cc2c(c1Cl)CCC2. The van der Waals surface area contributed by atoms with Crippen molar-refractivity contribution in [2.24, 2.45) is 0 Å². The van der Waals surface area contributed by atoms with Gasteiger partial charge >= 0.3 is 0 Å². The molecule has 0 radical (unpaired) electrons. The number of H-pyrrole nitrogens is 1. The van der Waals surface area contributed by atoms with Gasteiger partial charge in [-0.3, -0.25) is 5.10 Å². The molecule has 18 heavy (non-hydrogen) atoms. The molecule has 2 aromatic rings. The third-order valence-electron chi connectivity index (χ3n) is 3.38. The van der Waals surface area contributed by atoms with Gasteiger partial charge in [0.2, 0.25) is 0 Å². The fourth-order valence-electron chi connectivity index (χ4n) is 2.55. The van der Waals surface area contributed by atoms with Gasteiger partial charge in [0.25, 0.3) is 0 Å². The van der Waals surface area contributed by atoms with Gasteiger partial charge in [-0.05, 0) is 36.5 Å². The van der Waals surface area contributed by atoms with Crippen LogP contribution in [-0.4, -0.2) is 17.3 Å². The van der Waals surface area contributed by atoms with Gasteiger partial charge in [0.15, 0.2) is 0 Å². The zero-order valence-corrected chi connectivity index (χ0v) is 10.8. The number of ether oxygens (including phenoxy) is 1. The van der Waals surface area contributed by atoms with Gasteiger partial charge in [-0.2, -0.15) is 5.10 Å². The van der Waals surface area contributed by atoms with Crippen LogP contribution >= 0.6 is 11.6 Å². The Hall–Kier alpha value is -1.68. The van der Waals surface area contributed by atoms with E-state index in [9.17, 15) is 0 Å². The van der Waals surface area contributed by atoms with Crippen LogP contribution in [0.15, 0.2) is 12.1 Å². The minimum atomic E-state index is 0.462. The quantitative estimate of drug-likeness (QED) is 0.876. The van der Waals surface area contributed by atoms with E-state index >= 15 is 0 Å². The Labute approximate surface area is 110 Å². The molecule has 0 saturated carbocycles. The summed E-state index contributed by atoms with van der Waals surface area (Å²) in [5.74, 6) is 1.16. The van der Waals surface area contributed by atoms with Crippen molar-refractivity contribution in [2.45, 2.75) is 19.3 Å². The van der Waals surface area contributed by atoms with Crippen LogP contribution in [-0.2, 0) is 12.8 Å². The van der Waals surface area contributed by atoms with Crippen molar-refractivity contribution in [1.82, 2.24) is 10.2 Å². The molecule has 0 unspecified atom stereocenters. The van der Waals surface area contributed by atoms with Crippen LogP contribution < -0.4 is 10.5 Å². The van der Waals surface area contributed by atoms with Crippen molar-refractivity contribution in [3.05, 3.63) is 28.3 Å². The Balaban J connectivity index is 2.23. The summed E-state index contributed by atoms with van der Waals surface area (Å²) in [4.78, 5) is 0. The van der Waals surface area contributed by atoms with Crippen LogP contribution in [0.4, 0.5) is 5.82 Å². The number of aromatic amines is 1. The minimum Gasteiger partial charge on any atom is -0.494 e. The zero-order valence-electron chi connectivity index (χ0n) is 10.1. The number of nitrogens with two attached hydrogens (primary N) is 1. The zero-order chi connectivity index (χ0) is 12.7. The summed E-state index contributed by atoms with van der Waals surface area (Å²) >= 11 is 6.43. The largest absolute Gasteiger partial charge is 0.494 e. The molecule has 1 aliphatic rings. The number of nitrogens with one attached hydrogen (secondary N) is 1. The number of aryl methyl sites for hydroxylation is 1. The second-order valence-electron chi connectivity index (χ2n) is 4.47. The molecule has 3 N–H and O–H groups in total. The fourth-order valence-corrected chi connectivity index (χ4v) is 2.94. The molecule has 1 heterocycles. The van der Waals surface area contributed by atoms with Crippen molar-refractivity contribution in [3.63, 3.8) is 0 Å². The Morgan fingerprint density at radius 2 is 2.22 bits per heavy atom. The summed E-state index contributed by atoms with van der Waals surface area (Å²) in [6.45, 7) is 0. The molecule has 3 rings (SSSR count). The van der Waals surface area contributed by atoms with Crippen molar-refractivity contribution in [1.29, 1.82) is 0 Å². The number of nitrogens with zero attached hydrogens (tertiary/aromatic N) is 1. The van der Waals surface area contributed by atoms with Crippen LogP contribution in [0.5, 0.6) is 5.75 Å². The van der Waals surface area contributed by atoms with Gasteiger partial charge in [-0.1, -0.05) is 11.6 Å². The molecule has 0 aliphatic heterocycles. The number of rotatable bonds is 2. The third kappa shape index (κ3) is 1.64. The van der Waals surface area contributed by atoms with Gasteiger partial charge in [0, 0.05) is 11.6 Å². The van der Waals surface area contributed by atoms with Crippen molar-refractivity contribution < 1.29 is 4.74 Å². The number of anilines is 1. The lowest BCUT2D eigenvalue weighted by atomic mass is 10.0. The van der Waals surface area contributed by atoms with Crippen LogP contribution in [0.3, 0.4) is 0 Å². The van der Waals surface area contributed by atoms with E-state index in [-0.39, 0.29) is 0 Å². The highest BCUT2D eigenvalue weighted by atomic mass is 35.5. The lowest BCUT2D eigenvalue weighted by Crippen LogP contribution is -1.95. The molecule has 5 heteroatoms. The number of aromatic nitrogens is 2. The molecule has 1 aromatic carbocycles. The molecule has 0 saturated heterocycles. The van der Waals surface area contributed by atoms with Crippen molar-refractivity contribution in [2.75, 3.05) is 12.8 Å². The van der Waals surface area contributed by atoms with Gasteiger partial charge in [0.05, 0.1) is 17.8 Å². The number of hydrogen-bond acceptors (Lipinski definition) is 3. The van der Waals surface area contributed by atoms with Crippen LogP contribution in [0.2, 0.25) is 5.02 Å². The first-order chi connectivity index (χ1) is 8.70. The average Bonchev–Trinajstić information content (AvgIpc) is 2.97. The van der Waals surface area contributed by atoms with Gasteiger partial charge in [-0.25, -0.2) is 0 Å². The first kappa shape index (κ1) is 11.4. The van der Waals surface area contributed by atoms with Gasteiger partial charge < -0.3 is 10.5 Å². The summed E-state index contributed by atoms with van der Waals surface area (Å²) < 4.78 is 5.44. The van der Waals surface area contributed by atoms with E-state index in [4.69, 9.17) is 22.1 Å². The molecule has 1 aromatic heterocycles. The maximum Gasteiger partial charge on any atom is 0.147 e. The molecule has 94 valence electrons. The summed E-state index contributed by atoms with van der Waals surface area (Å²) in [7, 11) is 1.63. The summed E-state index contributed by atoms with van der Waals surface area (Å²) in [5.41, 5.74) is 9.91. The molecule has 4 nitrogen and oxygen atoms in total. The number of halogens is 1. The second kappa shape index (κ2) is 4.21. The first-order valence-electron chi connectivity index (χ1n) is 5.90. The second-order valence-corrected chi connectivity index (χ2v) is 4.85. The standard InChI is InChI=1S/C13H14ClN3O/c1-18-13-9(10-6-11(15)17-16-10)5-7-3-2-4-8(7)12(13)14/h5-6H,2-4H2,1H3,(H3,15,16,17). The molecule has 0 atom stereocenters. The minimum absolute atomic E-state index is 0.462. The average molecular weight is 264 g/mol. The number of nitrogen functional groups attached to an aromatic ring is 1. The maximum atomic E-state index is 6.43. The number of benzene rings is 1. The fraction of sp³-hybridized carbons (Fsp3) is 0.308. The first-order valence-corrected chi connectivity index (χ1v) is 6.28. The Morgan fingerprint density at radius 1 is 1.39 bits per heavy atom. The van der Waals surface area contributed by atoms with Gasteiger partial charge in [-0.15, -0.1) is 0 Å². The van der Waals surface area contributed by atoms with Crippen molar-refractivity contribution >= 4 is 17.4 Å². The Kier molecular flexibility index (Phi) is 2.67. The highest BCUT2D eigenvalue weighted by Gasteiger charge is 2.22. The lowest BCUT2D eigenvalue weighted by Gasteiger charge is -2.13. The van der Waals surface area contributed by atoms with Gasteiger partial charge in [0.1, 0.15) is 11.6 Å². The van der Waals surface area contributed by atoms with E-state index in [1.165, 1.54) is 11.1 Å². The molecule has 0 spiro atoms. The van der Waals surface area contributed by atoms with E-state index in [1.807, 2.05) is 0 Å². The van der Waals surface area contributed by atoms with Crippen LogP contribution in [0.1, 0.15) is 17.5 Å². The third-order valence-corrected chi connectivity index (χ3v) is 3.78. The number of methoxy groups -OCH3 is 1. The molecular weight excluding hydrogens is 250 g/mol. The summed E-state index contributed by atoms with van der Waals surface area (Å²) in [5, 5.41) is 7.57. The van der Waals surface area contributed by atoms with Crippen LogP contribution in [0.25, 0.3) is 11.3 Å². The molecule has 0 fully saturated rings. The normalized spacial score (nSPS) is 13.7. The molecule has 0 amide bonds. The molecule has 1 aliphatic carbocycles. The van der Waals surface area contributed by atoms with E-state index < -0.39 is 0 Å². The van der Waals surface area contributed by atoms with E-state index in [0.29, 0.717) is 11.6 Å². The molecular formula is C13H14ClN3O. The van der Waals surface area contributed by atoms with E-state index in [0.717, 1.165) is 35.5 Å². The predicted molar refractivity (Wildman–Crippen MR) is 72.0 cm³/mol. The number of fused-ring (bicyclic) bond motifs is 1. The number of hydrogen-bond donors (Lipinski definition) is 2. The highest BCUT2D eigenvalue weighted by molar-refractivity contribution is 6.33. The predicted octanol–water partition coefficient (Wildman–Crippen LogP) is 2.81. The Bertz CT molecular complexity index is 607.